The van der Waals surface area contributed by atoms with Crippen LogP contribution in [0.25, 0.3) is 0 Å². The van der Waals surface area contributed by atoms with Crippen molar-refractivity contribution in [1.29, 1.82) is 0 Å². The van der Waals surface area contributed by atoms with Crippen LogP contribution in [0.15, 0.2) is 12.4 Å². The minimum absolute atomic E-state index is 0.337. The summed E-state index contributed by atoms with van der Waals surface area (Å²) in [5.41, 5.74) is 5.47. The van der Waals surface area contributed by atoms with Gasteiger partial charge in [-0.25, -0.2) is 9.97 Å². The second-order valence-electron chi connectivity index (χ2n) is 3.15. The highest BCUT2D eigenvalue weighted by atomic mass is 16.3. The number of nitrogen functional groups attached to an aromatic ring is 1. The van der Waals surface area contributed by atoms with Gasteiger partial charge in [0.25, 0.3) is 0 Å². The molecule has 14 heavy (non-hydrogen) atoms. The van der Waals surface area contributed by atoms with Gasteiger partial charge in [-0.1, -0.05) is 13.3 Å². The van der Waals surface area contributed by atoms with E-state index in [-0.39, 0.29) is 6.10 Å². The van der Waals surface area contributed by atoms with E-state index < -0.39 is 0 Å². The molecule has 0 amide bonds. The zero-order valence-electron chi connectivity index (χ0n) is 8.27. The molecule has 78 valence electrons. The Morgan fingerprint density at radius 1 is 1.57 bits per heavy atom. The number of rotatable bonds is 5. The largest absolute Gasteiger partial charge is 0.391 e. The lowest BCUT2D eigenvalue weighted by Crippen LogP contribution is -2.19. The SMILES string of the molecule is CCCC(O)CNc1cc(N)ncn1. The Balaban J connectivity index is 2.37. The molecule has 1 rings (SSSR count). The van der Waals surface area contributed by atoms with E-state index >= 15 is 0 Å². The van der Waals surface area contributed by atoms with Gasteiger partial charge in [-0.3, -0.25) is 0 Å². The summed E-state index contributed by atoms with van der Waals surface area (Å²) in [6.07, 6.45) is 2.81. The van der Waals surface area contributed by atoms with E-state index in [9.17, 15) is 5.11 Å². The molecule has 1 atom stereocenters. The summed E-state index contributed by atoms with van der Waals surface area (Å²) in [5, 5.41) is 12.4. The number of aliphatic hydroxyl groups excluding tert-OH is 1. The molecular weight excluding hydrogens is 180 g/mol. The first-order valence-corrected chi connectivity index (χ1v) is 4.71. The zero-order valence-corrected chi connectivity index (χ0v) is 8.27. The molecule has 1 aromatic heterocycles. The number of hydrogen-bond donors (Lipinski definition) is 3. The molecule has 1 aromatic rings. The van der Waals surface area contributed by atoms with Crippen molar-refractivity contribution in [3.05, 3.63) is 12.4 Å². The predicted molar refractivity (Wildman–Crippen MR) is 55.8 cm³/mol. The number of aromatic nitrogens is 2. The molecule has 5 nitrogen and oxygen atoms in total. The van der Waals surface area contributed by atoms with Crippen LogP contribution in [0.2, 0.25) is 0 Å². The lowest BCUT2D eigenvalue weighted by Gasteiger charge is -2.10. The molecule has 0 radical (unpaired) electrons. The van der Waals surface area contributed by atoms with Crippen LogP contribution < -0.4 is 11.1 Å². The molecule has 0 fully saturated rings. The maximum atomic E-state index is 9.44. The monoisotopic (exact) mass is 196 g/mol. The number of nitrogens with zero attached hydrogens (tertiary/aromatic N) is 2. The number of nitrogens with two attached hydrogens (primary N) is 1. The third kappa shape index (κ3) is 3.57. The minimum Gasteiger partial charge on any atom is -0.391 e. The fourth-order valence-corrected chi connectivity index (χ4v) is 1.13. The highest BCUT2D eigenvalue weighted by molar-refractivity contribution is 5.43. The van der Waals surface area contributed by atoms with Gasteiger partial charge in [-0.2, -0.15) is 0 Å². The topological polar surface area (TPSA) is 84.1 Å². The Morgan fingerprint density at radius 3 is 3.00 bits per heavy atom. The molecule has 1 heterocycles. The summed E-state index contributed by atoms with van der Waals surface area (Å²) in [5.74, 6) is 1.07. The van der Waals surface area contributed by atoms with Crippen molar-refractivity contribution < 1.29 is 5.11 Å². The van der Waals surface area contributed by atoms with Crippen LogP contribution >= 0.6 is 0 Å². The number of hydrogen-bond acceptors (Lipinski definition) is 5. The fraction of sp³-hybridized carbons (Fsp3) is 0.556. The molecule has 1 unspecified atom stereocenters. The van der Waals surface area contributed by atoms with Gasteiger partial charge in [-0.15, -0.1) is 0 Å². The van der Waals surface area contributed by atoms with E-state index in [2.05, 4.69) is 15.3 Å². The molecule has 0 bridgehead atoms. The van der Waals surface area contributed by atoms with Gasteiger partial charge in [0, 0.05) is 12.6 Å². The number of aliphatic hydroxyl groups is 1. The summed E-state index contributed by atoms with van der Waals surface area (Å²) in [6.45, 7) is 2.52. The highest BCUT2D eigenvalue weighted by Gasteiger charge is 2.02. The Labute approximate surface area is 83.4 Å². The first-order valence-electron chi connectivity index (χ1n) is 4.71. The van der Waals surface area contributed by atoms with Crippen LogP contribution in [-0.2, 0) is 0 Å². The van der Waals surface area contributed by atoms with Crippen LogP contribution in [0.4, 0.5) is 11.6 Å². The summed E-state index contributed by atoms with van der Waals surface area (Å²) in [6, 6.07) is 1.64. The van der Waals surface area contributed by atoms with Crippen molar-refractivity contribution in [2.75, 3.05) is 17.6 Å². The van der Waals surface area contributed by atoms with Gasteiger partial charge in [0.1, 0.15) is 18.0 Å². The Morgan fingerprint density at radius 2 is 2.36 bits per heavy atom. The van der Waals surface area contributed by atoms with E-state index in [0.29, 0.717) is 18.2 Å². The third-order valence-corrected chi connectivity index (χ3v) is 1.83. The molecule has 0 spiro atoms. The van der Waals surface area contributed by atoms with Crippen molar-refractivity contribution in [2.24, 2.45) is 0 Å². The maximum Gasteiger partial charge on any atom is 0.131 e. The van der Waals surface area contributed by atoms with Crippen LogP contribution in [-0.4, -0.2) is 27.7 Å². The second kappa shape index (κ2) is 5.39. The zero-order chi connectivity index (χ0) is 10.4. The van der Waals surface area contributed by atoms with Crippen LogP contribution in [0, 0.1) is 0 Å². The molecule has 5 heteroatoms. The van der Waals surface area contributed by atoms with Crippen molar-refractivity contribution in [1.82, 2.24) is 9.97 Å². The molecular formula is C9H16N4O. The number of anilines is 2. The minimum atomic E-state index is -0.337. The average molecular weight is 196 g/mol. The standard InChI is InChI=1S/C9H16N4O/c1-2-3-7(14)5-11-9-4-8(10)12-6-13-9/h4,6-7,14H,2-3,5H2,1H3,(H3,10,11,12,13). The van der Waals surface area contributed by atoms with E-state index in [1.165, 1.54) is 6.33 Å². The second-order valence-corrected chi connectivity index (χ2v) is 3.15. The van der Waals surface area contributed by atoms with Crippen molar-refractivity contribution in [3.8, 4) is 0 Å². The Hall–Kier alpha value is -1.36. The van der Waals surface area contributed by atoms with Crippen LogP contribution in [0.5, 0.6) is 0 Å². The van der Waals surface area contributed by atoms with Crippen LogP contribution in [0.3, 0.4) is 0 Å². The number of nitrogens with one attached hydrogen (secondary N) is 1. The highest BCUT2D eigenvalue weighted by Crippen LogP contribution is 2.05. The first kappa shape index (κ1) is 10.7. The average Bonchev–Trinajstić information content (AvgIpc) is 2.15. The molecule has 0 saturated carbocycles. The fourth-order valence-electron chi connectivity index (χ4n) is 1.13. The normalized spacial score (nSPS) is 12.4. The van der Waals surface area contributed by atoms with Gasteiger partial charge >= 0.3 is 0 Å². The quantitative estimate of drug-likeness (QED) is 0.643. The maximum absolute atomic E-state index is 9.44. The predicted octanol–water partition coefficient (Wildman–Crippen LogP) is 0.632. The summed E-state index contributed by atoms with van der Waals surface area (Å²) in [4.78, 5) is 7.73. The van der Waals surface area contributed by atoms with Gasteiger partial charge in [0.15, 0.2) is 0 Å². The Bertz CT molecular complexity index is 279. The third-order valence-electron chi connectivity index (χ3n) is 1.83. The van der Waals surface area contributed by atoms with E-state index in [4.69, 9.17) is 5.73 Å². The van der Waals surface area contributed by atoms with Gasteiger partial charge in [-0.05, 0) is 6.42 Å². The summed E-state index contributed by atoms with van der Waals surface area (Å²) in [7, 11) is 0. The van der Waals surface area contributed by atoms with E-state index in [1.807, 2.05) is 6.92 Å². The first-order chi connectivity index (χ1) is 6.72. The molecule has 0 aliphatic rings. The Kier molecular flexibility index (Phi) is 4.12. The van der Waals surface area contributed by atoms with Gasteiger partial charge < -0.3 is 16.2 Å². The van der Waals surface area contributed by atoms with Gasteiger partial charge in [0.05, 0.1) is 6.10 Å². The molecule has 0 aliphatic carbocycles. The van der Waals surface area contributed by atoms with Crippen LogP contribution in [0.1, 0.15) is 19.8 Å². The van der Waals surface area contributed by atoms with E-state index in [1.54, 1.807) is 6.07 Å². The molecule has 0 saturated heterocycles. The lowest BCUT2D eigenvalue weighted by atomic mass is 10.2. The van der Waals surface area contributed by atoms with Crippen molar-refractivity contribution >= 4 is 11.6 Å². The molecule has 0 aromatic carbocycles. The van der Waals surface area contributed by atoms with Crippen molar-refractivity contribution in [3.63, 3.8) is 0 Å². The summed E-state index contributed by atoms with van der Waals surface area (Å²) < 4.78 is 0. The van der Waals surface area contributed by atoms with Gasteiger partial charge in [0.2, 0.25) is 0 Å². The molecule has 0 aliphatic heterocycles. The smallest absolute Gasteiger partial charge is 0.131 e. The lowest BCUT2D eigenvalue weighted by molar-refractivity contribution is 0.176. The van der Waals surface area contributed by atoms with E-state index in [0.717, 1.165) is 12.8 Å². The van der Waals surface area contributed by atoms with Crippen molar-refractivity contribution in [2.45, 2.75) is 25.9 Å². The summed E-state index contributed by atoms with van der Waals surface area (Å²) >= 11 is 0. The molecule has 4 N–H and O–H groups in total.